The van der Waals surface area contributed by atoms with Crippen LogP contribution in [0.5, 0.6) is 11.5 Å². The number of hydrogen-bond acceptors (Lipinski definition) is 6. The molecule has 4 rings (SSSR count). The van der Waals surface area contributed by atoms with Crippen LogP contribution in [0.2, 0.25) is 0 Å². The first kappa shape index (κ1) is 22.4. The summed E-state index contributed by atoms with van der Waals surface area (Å²) < 4.78 is 39.1. The molecule has 172 valence electrons. The summed E-state index contributed by atoms with van der Waals surface area (Å²) in [4.78, 5) is 15.2. The van der Waals surface area contributed by atoms with Crippen molar-refractivity contribution < 1.29 is 22.7 Å². The lowest BCUT2D eigenvalue weighted by Gasteiger charge is -2.26. The molecule has 0 unspecified atom stereocenters. The lowest BCUT2D eigenvalue weighted by molar-refractivity contribution is -0.119. The predicted octanol–water partition coefficient (Wildman–Crippen LogP) is 2.26. The molecular formula is C23H29N3O5S. The number of amides is 1. The van der Waals surface area contributed by atoms with Gasteiger partial charge in [-0.25, -0.2) is 8.42 Å². The van der Waals surface area contributed by atoms with Crippen LogP contribution in [0.25, 0.3) is 0 Å². The van der Waals surface area contributed by atoms with Gasteiger partial charge < -0.3 is 19.7 Å². The number of sulfonamides is 1. The number of rotatable bonds is 9. The average molecular weight is 460 g/mol. The normalized spacial score (nSPS) is 16.0. The van der Waals surface area contributed by atoms with Gasteiger partial charge in [0.15, 0.2) is 11.5 Å². The molecule has 0 aliphatic carbocycles. The van der Waals surface area contributed by atoms with Gasteiger partial charge in [-0.1, -0.05) is 18.2 Å². The van der Waals surface area contributed by atoms with Gasteiger partial charge in [0, 0.05) is 12.6 Å². The molecule has 1 N–H and O–H groups in total. The molecular weight excluding hydrogens is 430 g/mol. The Morgan fingerprint density at radius 1 is 1.00 bits per heavy atom. The monoisotopic (exact) mass is 459 g/mol. The molecule has 0 atom stereocenters. The van der Waals surface area contributed by atoms with Gasteiger partial charge in [-0.3, -0.25) is 9.10 Å². The Bertz CT molecular complexity index is 1020. The summed E-state index contributed by atoms with van der Waals surface area (Å²) in [5, 5.41) is 2.87. The zero-order valence-corrected chi connectivity index (χ0v) is 18.9. The van der Waals surface area contributed by atoms with E-state index in [9.17, 15) is 13.2 Å². The average Bonchev–Trinajstić information content (AvgIpc) is 3.34. The topological polar surface area (TPSA) is 88.2 Å². The Morgan fingerprint density at radius 2 is 1.72 bits per heavy atom. The maximum absolute atomic E-state index is 13.4. The van der Waals surface area contributed by atoms with Gasteiger partial charge in [0.05, 0.1) is 10.6 Å². The summed E-state index contributed by atoms with van der Waals surface area (Å²) in [6, 6.07) is 13.0. The van der Waals surface area contributed by atoms with Crippen LogP contribution in [0.1, 0.15) is 19.3 Å². The Labute approximate surface area is 189 Å². The van der Waals surface area contributed by atoms with Crippen LogP contribution in [-0.4, -0.2) is 65.2 Å². The molecule has 1 fully saturated rings. The predicted molar refractivity (Wildman–Crippen MR) is 122 cm³/mol. The van der Waals surface area contributed by atoms with Gasteiger partial charge in [-0.05, 0) is 63.2 Å². The van der Waals surface area contributed by atoms with Gasteiger partial charge in [-0.15, -0.1) is 0 Å². The second-order valence-electron chi connectivity index (χ2n) is 7.90. The fourth-order valence-electron chi connectivity index (χ4n) is 3.94. The molecule has 2 aliphatic rings. The standard InChI is InChI=1S/C23H29N3O5S/c27-23(24-11-6-14-25-12-4-5-13-25)18-26(32(28,29)20-7-2-1-3-8-20)19-9-10-21-22(17-19)31-16-15-30-21/h1-3,7-10,17H,4-6,11-16,18H2,(H,24,27). The zero-order valence-electron chi connectivity index (χ0n) is 18.0. The molecule has 1 saturated heterocycles. The van der Waals surface area contributed by atoms with Gasteiger partial charge in [0.1, 0.15) is 19.8 Å². The van der Waals surface area contributed by atoms with Crippen molar-refractivity contribution in [2.75, 3.05) is 50.2 Å². The maximum Gasteiger partial charge on any atom is 0.264 e. The number of carbonyl (C=O) groups excluding carboxylic acids is 1. The second kappa shape index (κ2) is 10.2. The van der Waals surface area contributed by atoms with Crippen molar-refractivity contribution in [1.29, 1.82) is 0 Å². The van der Waals surface area contributed by atoms with Crippen molar-refractivity contribution in [2.45, 2.75) is 24.2 Å². The number of ether oxygens (including phenoxy) is 2. The molecule has 0 radical (unpaired) electrons. The molecule has 0 bridgehead atoms. The molecule has 0 spiro atoms. The van der Waals surface area contributed by atoms with Crippen LogP contribution in [0.4, 0.5) is 5.69 Å². The Kier molecular flexibility index (Phi) is 7.16. The van der Waals surface area contributed by atoms with E-state index in [4.69, 9.17) is 9.47 Å². The summed E-state index contributed by atoms with van der Waals surface area (Å²) >= 11 is 0. The highest BCUT2D eigenvalue weighted by Crippen LogP contribution is 2.35. The quantitative estimate of drug-likeness (QED) is 0.579. The van der Waals surface area contributed by atoms with E-state index in [1.807, 2.05) is 0 Å². The minimum atomic E-state index is -3.95. The van der Waals surface area contributed by atoms with Gasteiger partial charge in [0.2, 0.25) is 5.91 Å². The van der Waals surface area contributed by atoms with Gasteiger partial charge >= 0.3 is 0 Å². The molecule has 9 heteroatoms. The number of likely N-dealkylation sites (tertiary alicyclic amines) is 1. The van der Waals surface area contributed by atoms with Crippen molar-refractivity contribution in [3.63, 3.8) is 0 Å². The molecule has 2 aromatic rings. The largest absolute Gasteiger partial charge is 0.486 e. The Morgan fingerprint density at radius 3 is 2.47 bits per heavy atom. The van der Waals surface area contributed by atoms with Crippen LogP contribution in [0.3, 0.4) is 0 Å². The summed E-state index contributed by atoms with van der Waals surface area (Å²) in [5.74, 6) is 0.678. The summed E-state index contributed by atoms with van der Waals surface area (Å²) in [7, 11) is -3.95. The highest BCUT2D eigenvalue weighted by molar-refractivity contribution is 7.92. The van der Waals surface area contributed by atoms with Crippen LogP contribution in [-0.2, 0) is 14.8 Å². The van der Waals surface area contributed by atoms with E-state index in [1.54, 1.807) is 36.4 Å². The SMILES string of the molecule is O=C(CN(c1ccc2c(c1)OCCO2)S(=O)(=O)c1ccccc1)NCCCN1CCCC1. The van der Waals surface area contributed by atoms with Crippen LogP contribution < -0.4 is 19.1 Å². The van der Waals surface area contributed by atoms with Crippen LogP contribution in [0, 0.1) is 0 Å². The van der Waals surface area contributed by atoms with E-state index in [0.29, 0.717) is 36.9 Å². The molecule has 8 nitrogen and oxygen atoms in total. The number of nitrogens with zero attached hydrogens (tertiary/aromatic N) is 2. The first-order valence-corrected chi connectivity index (χ1v) is 12.4. The Hall–Kier alpha value is -2.78. The van der Waals surface area contributed by atoms with E-state index < -0.39 is 10.0 Å². The van der Waals surface area contributed by atoms with E-state index >= 15 is 0 Å². The lowest BCUT2D eigenvalue weighted by Crippen LogP contribution is -2.41. The fourth-order valence-corrected chi connectivity index (χ4v) is 5.38. The fraction of sp³-hybridized carbons (Fsp3) is 0.435. The molecule has 32 heavy (non-hydrogen) atoms. The minimum absolute atomic E-state index is 0.122. The van der Waals surface area contributed by atoms with Crippen LogP contribution in [0.15, 0.2) is 53.4 Å². The zero-order chi connectivity index (χ0) is 22.4. The van der Waals surface area contributed by atoms with Crippen molar-refractivity contribution in [2.24, 2.45) is 0 Å². The summed E-state index contributed by atoms with van der Waals surface area (Å²) in [5.41, 5.74) is 0.352. The number of carbonyl (C=O) groups is 1. The molecule has 0 aromatic heterocycles. The lowest BCUT2D eigenvalue weighted by atomic mass is 10.2. The third kappa shape index (κ3) is 5.34. The van der Waals surface area contributed by atoms with E-state index in [-0.39, 0.29) is 17.3 Å². The number of fused-ring (bicyclic) bond motifs is 1. The van der Waals surface area contributed by atoms with Gasteiger partial charge in [-0.2, -0.15) is 0 Å². The second-order valence-corrected chi connectivity index (χ2v) is 9.77. The first-order valence-electron chi connectivity index (χ1n) is 11.0. The van der Waals surface area contributed by atoms with E-state index in [0.717, 1.165) is 30.4 Å². The first-order chi connectivity index (χ1) is 15.5. The molecule has 0 saturated carbocycles. The number of benzene rings is 2. The van der Waals surface area contributed by atoms with Gasteiger partial charge in [0.25, 0.3) is 10.0 Å². The van der Waals surface area contributed by atoms with E-state index in [1.165, 1.54) is 25.0 Å². The van der Waals surface area contributed by atoms with Crippen molar-refractivity contribution in [3.05, 3.63) is 48.5 Å². The third-order valence-corrected chi connectivity index (χ3v) is 7.39. The molecule has 2 aromatic carbocycles. The highest BCUT2D eigenvalue weighted by atomic mass is 32.2. The minimum Gasteiger partial charge on any atom is -0.486 e. The summed E-state index contributed by atoms with van der Waals surface area (Å²) in [6.45, 7) is 4.19. The third-order valence-electron chi connectivity index (χ3n) is 5.60. The smallest absolute Gasteiger partial charge is 0.264 e. The number of hydrogen-bond donors (Lipinski definition) is 1. The number of nitrogens with one attached hydrogen (secondary N) is 1. The van der Waals surface area contributed by atoms with Crippen molar-refractivity contribution >= 4 is 21.6 Å². The molecule has 1 amide bonds. The molecule has 2 aliphatic heterocycles. The van der Waals surface area contributed by atoms with Crippen molar-refractivity contribution in [3.8, 4) is 11.5 Å². The number of anilines is 1. The van der Waals surface area contributed by atoms with Crippen LogP contribution >= 0.6 is 0 Å². The Balaban J connectivity index is 1.49. The highest BCUT2D eigenvalue weighted by Gasteiger charge is 2.28. The van der Waals surface area contributed by atoms with E-state index in [2.05, 4.69) is 10.2 Å². The molecule has 2 heterocycles. The van der Waals surface area contributed by atoms with Crippen molar-refractivity contribution in [1.82, 2.24) is 10.2 Å². The maximum atomic E-state index is 13.4. The summed E-state index contributed by atoms with van der Waals surface area (Å²) in [6.07, 6.45) is 3.30.